The highest BCUT2D eigenvalue weighted by atomic mass is 32.1. The van der Waals surface area contributed by atoms with Gasteiger partial charge in [0.2, 0.25) is 0 Å². The number of fused-ring (bicyclic) bond motifs is 1. The summed E-state index contributed by atoms with van der Waals surface area (Å²) >= 11 is 1.50. The number of anilines is 1. The number of carbonyl (C=O) groups excluding carboxylic acids is 2. The standard InChI is InChI=1S/C31H39N3O4S/c1-21-5-8-24(9-6-21)33-17-13-25(14-18-33)37-26-10-7-22-19-28(39-27(22)20-26)29(35)32-23-11-15-34(16-12-23)30(36)38-31(2,3)4/h5-10,19-20,23,25H,11-18H2,1-4H3,(H,32,35). The van der Waals surface area contributed by atoms with Crippen molar-refractivity contribution in [3.63, 3.8) is 0 Å². The highest BCUT2D eigenvalue weighted by molar-refractivity contribution is 7.20. The van der Waals surface area contributed by atoms with Crippen LogP contribution in [0.2, 0.25) is 0 Å². The molecule has 0 bridgehead atoms. The first-order valence-electron chi connectivity index (χ1n) is 13.9. The van der Waals surface area contributed by atoms with E-state index in [2.05, 4.69) is 47.5 Å². The Morgan fingerprint density at radius 1 is 0.923 bits per heavy atom. The highest BCUT2D eigenvalue weighted by Gasteiger charge is 2.28. The number of rotatable bonds is 5. The van der Waals surface area contributed by atoms with Crippen molar-refractivity contribution in [1.82, 2.24) is 10.2 Å². The van der Waals surface area contributed by atoms with Gasteiger partial charge in [-0.3, -0.25) is 4.79 Å². The molecule has 0 saturated carbocycles. The number of hydrogen-bond donors (Lipinski definition) is 1. The second-order valence-corrected chi connectivity index (χ2v) is 12.7. The van der Waals surface area contributed by atoms with Gasteiger partial charge >= 0.3 is 6.09 Å². The van der Waals surface area contributed by atoms with Gasteiger partial charge in [0.1, 0.15) is 17.5 Å². The molecule has 2 aliphatic heterocycles. The molecule has 3 aromatic rings. The lowest BCUT2D eigenvalue weighted by Crippen LogP contribution is -2.47. The molecule has 2 saturated heterocycles. The van der Waals surface area contributed by atoms with Gasteiger partial charge in [-0.05, 0) is 82.3 Å². The molecule has 2 aromatic carbocycles. The van der Waals surface area contributed by atoms with Crippen LogP contribution in [0.1, 0.15) is 61.7 Å². The number of nitrogens with zero attached hydrogens (tertiary/aromatic N) is 2. The van der Waals surface area contributed by atoms with Gasteiger partial charge in [0.05, 0.1) is 4.88 Å². The van der Waals surface area contributed by atoms with Gasteiger partial charge in [-0.2, -0.15) is 0 Å². The van der Waals surface area contributed by atoms with Crippen LogP contribution < -0.4 is 15.0 Å². The SMILES string of the molecule is Cc1ccc(N2CCC(Oc3ccc4cc(C(=O)NC5CCN(C(=O)OC(C)(C)C)CC5)sc4c3)CC2)cc1. The smallest absolute Gasteiger partial charge is 0.410 e. The predicted octanol–water partition coefficient (Wildman–Crippen LogP) is 6.39. The number of carbonyl (C=O) groups is 2. The minimum atomic E-state index is -0.506. The molecule has 5 rings (SSSR count). The van der Waals surface area contributed by atoms with Crippen LogP contribution in [0.25, 0.3) is 10.1 Å². The minimum absolute atomic E-state index is 0.0473. The van der Waals surface area contributed by atoms with E-state index in [0.29, 0.717) is 18.0 Å². The molecule has 0 atom stereocenters. The van der Waals surface area contributed by atoms with E-state index in [-0.39, 0.29) is 24.1 Å². The lowest BCUT2D eigenvalue weighted by Gasteiger charge is -2.33. The molecule has 7 nitrogen and oxygen atoms in total. The number of ether oxygens (including phenoxy) is 2. The summed E-state index contributed by atoms with van der Waals surface area (Å²) in [5.74, 6) is 0.803. The van der Waals surface area contributed by atoms with Crippen LogP contribution in [0.4, 0.5) is 10.5 Å². The lowest BCUT2D eigenvalue weighted by atomic mass is 10.1. The third-order valence-electron chi connectivity index (χ3n) is 7.34. The number of hydrogen-bond acceptors (Lipinski definition) is 6. The molecule has 2 aliphatic rings. The summed E-state index contributed by atoms with van der Waals surface area (Å²) in [7, 11) is 0. The number of benzene rings is 2. The van der Waals surface area contributed by atoms with E-state index < -0.39 is 5.60 Å². The molecular weight excluding hydrogens is 510 g/mol. The van der Waals surface area contributed by atoms with Crippen LogP contribution in [0.3, 0.4) is 0 Å². The van der Waals surface area contributed by atoms with E-state index in [9.17, 15) is 9.59 Å². The number of amides is 2. The van der Waals surface area contributed by atoms with E-state index in [1.165, 1.54) is 22.6 Å². The van der Waals surface area contributed by atoms with Crippen molar-refractivity contribution >= 4 is 39.1 Å². The Morgan fingerprint density at radius 2 is 1.62 bits per heavy atom. The van der Waals surface area contributed by atoms with E-state index in [1.54, 1.807) is 4.90 Å². The zero-order valence-electron chi connectivity index (χ0n) is 23.4. The van der Waals surface area contributed by atoms with E-state index in [4.69, 9.17) is 9.47 Å². The molecule has 2 fully saturated rings. The first-order valence-corrected chi connectivity index (χ1v) is 14.8. The summed E-state index contributed by atoms with van der Waals surface area (Å²) in [4.78, 5) is 30.2. The second-order valence-electron chi connectivity index (χ2n) is 11.7. The van der Waals surface area contributed by atoms with Gasteiger partial charge in [0, 0.05) is 55.4 Å². The Bertz CT molecular complexity index is 1300. The van der Waals surface area contributed by atoms with Crippen molar-refractivity contribution in [3.8, 4) is 5.75 Å². The Kier molecular flexibility index (Phi) is 8.03. The number of nitrogens with one attached hydrogen (secondary N) is 1. The van der Waals surface area contributed by atoms with Crippen molar-refractivity contribution in [1.29, 1.82) is 0 Å². The van der Waals surface area contributed by atoms with Gasteiger partial charge in [-0.25, -0.2) is 4.79 Å². The largest absolute Gasteiger partial charge is 0.490 e. The number of aryl methyl sites for hydroxylation is 1. The first-order chi connectivity index (χ1) is 18.6. The molecule has 0 unspecified atom stereocenters. The fourth-order valence-electron chi connectivity index (χ4n) is 5.17. The topological polar surface area (TPSA) is 71.1 Å². The van der Waals surface area contributed by atoms with Crippen molar-refractivity contribution in [2.24, 2.45) is 0 Å². The maximum Gasteiger partial charge on any atom is 0.410 e. The van der Waals surface area contributed by atoms with Crippen LogP contribution in [0.15, 0.2) is 48.5 Å². The first kappa shape index (κ1) is 27.3. The summed E-state index contributed by atoms with van der Waals surface area (Å²) < 4.78 is 12.9. The monoisotopic (exact) mass is 549 g/mol. The van der Waals surface area contributed by atoms with E-state index in [0.717, 1.165) is 54.6 Å². The number of thiophene rings is 1. The molecule has 1 aromatic heterocycles. The molecule has 1 N–H and O–H groups in total. The lowest BCUT2D eigenvalue weighted by molar-refractivity contribution is 0.0199. The zero-order valence-corrected chi connectivity index (χ0v) is 24.2. The molecule has 2 amide bonds. The number of piperidine rings is 2. The molecule has 3 heterocycles. The summed E-state index contributed by atoms with van der Waals surface area (Å²) in [6.45, 7) is 10.8. The maximum absolute atomic E-state index is 13.0. The fraction of sp³-hybridized carbons (Fsp3) is 0.484. The van der Waals surface area contributed by atoms with Crippen molar-refractivity contribution in [3.05, 3.63) is 59.0 Å². The molecule has 208 valence electrons. The van der Waals surface area contributed by atoms with Crippen LogP contribution in [0, 0.1) is 6.92 Å². The maximum atomic E-state index is 13.0. The van der Waals surface area contributed by atoms with Gasteiger partial charge in [-0.1, -0.05) is 17.7 Å². The summed E-state index contributed by atoms with van der Waals surface area (Å²) in [5.41, 5.74) is 2.05. The second kappa shape index (κ2) is 11.5. The third-order valence-corrected chi connectivity index (χ3v) is 8.44. The van der Waals surface area contributed by atoms with E-state index in [1.807, 2.05) is 39.0 Å². The third kappa shape index (κ3) is 7.04. The van der Waals surface area contributed by atoms with Crippen LogP contribution in [-0.2, 0) is 4.74 Å². The fourth-order valence-corrected chi connectivity index (χ4v) is 6.16. The van der Waals surface area contributed by atoms with Gasteiger partial charge in [0.25, 0.3) is 5.91 Å². The summed E-state index contributed by atoms with van der Waals surface area (Å²) in [6.07, 6.45) is 3.31. The Morgan fingerprint density at radius 3 is 2.28 bits per heavy atom. The van der Waals surface area contributed by atoms with Crippen molar-refractivity contribution < 1.29 is 19.1 Å². The highest BCUT2D eigenvalue weighted by Crippen LogP contribution is 2.31. The van der Waals surface area contributed by atoms with Crippen LogP contribution >= 0.6 is 11.3 Å². The van der Waals surface area contributed by atoms with Gasteiger partial charge < -0.3 is 24.6 Å². The normalized spacial score (nSPS) is 17.3. The Balaban J connectivity index is 1.12. The molecular formula is C31H39N3O4S. The number of likely N-dealkylation sites (tertiary alicyclic amines) is 1. The summed E-state index contributed by atoms with van der Waals surface area (Å²) in [5, 5.41) is 4.21. The molecule has 0 spiro atoms. The average molecular weight is 550 g/mol. The zero-order chi connectivity index (χ0) is 27.6. The molecule has 39 heavy (non-hydrogen) atoms. The predicted molar refractivity (Wildman–Crippen MR) is 157 cm³/mol. The molecule has 8 heteroatoms. The average Bonchev–Trinajstić information content (AvgIpc) is 3.33. The Labute approximate surface area is 235 Å². The van der Waals surface area contributed by atoms with Crippen LogP contribution in [0.5, 0.6) is 5.75 Å². The Hall–Kier alpha value is -3.26. The summed E-state index contributed by atoms with van der Waals surface area (Å²) in [6, 6.07) is 16.8. The quantitative estimate of drug-likeness (QED) is 0.400. The molecule has 0 aliphatic carbocycles. The van der Waals surface area contributed by atoms with E-state index >= 15 is 0 Å². The van der Waals surface area contributed by atoms with Crippen LogP contribution in [-0.4, -0.2) is 60.8 Å². The van der Waals surface area contributed by atoms with Crippen molar-refractivity contribution in [2.45, 2.75) is 71.1 Å². The van der Waals surface area contributed by atoms with Crippen molar-refractivity contribution in [2.75, 3.05) is 31.1 Å². The molecule has 0 radical (unpaired) electrons. The van der Waals surface area contributed by atoms with Gasteiger partial charge in [-0.15, -0.1) is 11.3 Å². The van der Waals surface area contributed by atoms with Gasteiger partial charge in [0.15, 0.2) is 0 Å². The minimum Gasteiger partial charge on any atom is -0.490 e.